The summed E-state index contributed by atoms with van der Waals surface area (Å²) in [7, 11) is 1.34. The summed E-state index contributed by atoms with van der Waals surface area (Å²) in [4.78, 5) is 70.4. The Bertz CT molecular complexity index is 1240. The number of rotatable bonds is 16. The molecule has 1 aromatic rings. The summed E-state index contributed by atoms with van der Waals surface area (Å²) in [5.41, 5.74) is 17.1. The van der Waals surface area contributed by atoms with Crippen LogP contribution in [0.5, 0.6) is 0 Å². The van der Waals surface area contributed by atoms with Crippen LogP contribution in [0.1, 0.15) is 36.8 Å². The molecule has 0 aliphatic heterocycles. The molecule has 0 bridgehead atoms. The van der Waals surface area contributed by atoms with E-state index in [-0.39, 0.29) is 37.6 Å². The van der Waals surface area contributed by atoms with E-state index in [0.29, 0.717) is 17.5 Å². The van der Waals surface area contributed by atoms with Crippen LogP contribution in [0.4, 0.5) is 13.2 Å². The Morgan fingerprint density at radius 3 is 1.82 bits per heavy atom. The van der Waals surface area contributed by atoms with Gasteiger partial charge < -0.3 is 48.7 Å². The van der Waals surface area contributed by atoms with Crippen molar-refractivity contribution in [3.8, 4) is 0 Å². The molecule has 14 N–H and O–H groups in total. The number of halogens is 3. The van der Waals surface area contributed by atoms with Gasteiger partial charge >= 0.3 is 18.1 Å². The molecule has 0 saturated carbocycles. The number of guanidine groups is 1. The Labute approximate surface area is 254 Å². The van der Waals surface area contributed by atoms with Crippen molar-refractivity contribution in [3.63, 3.8) is 0 Å². The van der Waals surface area contributed by atoms with E-state index in [1.165, 1.54) is 7.05 Å². The highest BCUT2D eigenvalue weighted by molar-refractivity contribution is 6.02. The van der Waals surface area contributed by atoms with Crippen molar-refractivity contribution in [2.24, 2.45) is 23.1 Å². The summed E-state index contributed by atoms with van der Waals surface area (Å²) in [6.45, 7) is 0.245. The second-order valence-corrected chi connectivity index (χ2v) is 9.22. The van der Waals surface area contributed by atoms with Gasteiger partial charge in [-0.05, 0) is 31.2 Å². The van der Waals surface area contributed by atoms with Crippen LogP contribution in [-0.2, 0) is 35.2 Å². The van der Waals surface area contributed by atoms with Crippen LogP contribution in [0, 0.1) is 16.7 Å². The van der Waals surface area contributed by atoms with Crippen molar-refractivity contribution in [1.82, 2.24) is 21.3 Å². The minimum Gasteiger partial charge on any atom is -0.481 e. The first-order valence-electron chi connectivity index (χ1n) is 12.9. The number of hydrogen-bond donors (Lipinski definition) is 11. The largest absolute Gasteiger partial charge is 0.490 e. The highest BCUT2D eigenvalue weighted by Gasteiger charge is 2.38. The molecule has 45 heavy (non-hydrogen) atoms. The van der Waals surface area contributed by atoms with Gasteiger partial charge in [-0.25, -0.2) is 4.79 Å². The van der Waals surface area contributed by atoms with Gasteiger partial charge in [-0.2, -0.15) is 13.2 Å². The van der Waals surface area contributed by atoms with E-state index in [2.05, 4.69) is 21.3 Å². The number of nitrogen functional groups attached to an aromatic ring is 1. The van der Waals surface area contributed by atoms with E-state index in [0.717, 1.165) is 0 Å². The minimum atomic E-state index is -5.08. The SMILES string of the molecule is CNC(=O)C(Cc1ccc(C(=N)N)cc1)C(=O)N[C@@H](CCC(=O)O)C(=O)N[C@@H](CCCNC(=N)N)C(N)=O.O=C(O)C(F)(F)F. The maximum absolute atomic E-state index is 13.1. The second-order valence-electron chi connectivity index (χ2n) is 9.22. The van der Waals surface area contributed by atoms with Crippen LogP contribution in [0.3, 0.4) is 0 Å². The molecule has 17 nitrogen and oxygen atoms in total. The van der Waals surface area contributed by atoms with Crippen LogP contribution in [0.25, 0.3) is 0 Å². The summed E-state index contributed by atoms with van der Waals surface area (Å²) in [6.07, 6.45) is -5.50. The summed E-state index contributed by atoms with van der Waals surface area (Å²) in [6, 6.07) is 3.84. The maximum atomic E-state index is 13.1. The van der Waals surface area contributed by atoms with Gasteiger partial charge in [0.15, 0.2) is 5.96 Å². The number of nitrogens with one attached hydrogen (secondary N) is 6. The monoisotopic (exact) mass is 647 g/mol. The van der Waals surface area contributed by atoms with Crippen LogP contribution < -0.4 is 38.5 Å². The predicted octanol–water partition coefficient (Wildman–Crippen LogP) is -1.91. The van der Waals surface area contributed by atoms with Crippen LogP contribution in [-0.4, -0.2) is 89.4 Å². The number of amidine groups is 1. The number of carboxylic acids is 2. The molecule has 1 rings (SSSR count). The molecule has 0 fully saturated rings. The molecular weight excluding hydrogens is 611 g/mol. The Morgan fingerprint density at radius 1 is 0.867 bits per heavy atom. The first-order valence-corrected chi connectivity index (χ1v) is 12.9. The Balaban J connectivity index is 0.00000246. The Morgan fingerprint density at radius 2 is 1.40 bits per heavy atom. The van der Waals surface area contributed by atoms with Gasteiger partial charge in [0.1, 0.15) is 23.8 Å². The van der Waals surface area contributed by atoms with E-state index >= 15 is 0 Å². The van der Waals surface area contributed by atoms with E-state index in [1.54, 1.807) is 24.3 Å². The minimum absolute atomic E-state index is 0.0516. The van der Waals surface area contributed by atoms with Crippen LogP contribution in [0.2, 0.25) is 0 Å². The molecule has 0 radical (unpaired) electrons. The van der Waals surface area contributed by atoms with Gasteiger partial charge in [0.25, 0.3) is 0 Å². The van der Waals surface area contributed by atoms with Crippen molar-refractivity contribution in [3.05, 3.63) is 35.4 Å². The molecule has 4 amide bonds. The molecule has 0 aliphatic rings. The highest BCUT2D eigenvalue weighted by atomic mass is 19.4. The molecule has 0 heterocycles. The smallest absolute Gasteiger partial charge is 0.481 e. The van der Waals surface area contributed by atoms with E-state index in [4.69, 9.17) is 43.0 Å². The summed E-state index contributed by atoms with van der Waals surface area (Å²) in [5, 5.41) is 40.6. The number of benzene rings is 1. The van der Waals surface area contributed by atoms with Gasteiger partial charge in [0.05, 0.1) is 0 Å². The van der Waals surface area contributed by atoms with E-state index in [1.807, 2.05) is 0 Å². The van der Waals surface area contributed by atoms with Crippen molar-refractivity contribution < 1.29 is 52.2 Å². The fourth-order valence-corrected chi connectivity index (χ4v) is 3.43. The van der Waals surface area contributed by atoms with Crippen molar-refractivity contribution >= 4 is 47.4 Å². The lowest BCUT2D eigenvalue weighted by molar-refractivity contribution is -0.192. The molecule has 3 atom stereocenters. The third kappa shape index (κ3) is 16.1. The molecule has 0 aliphatic carbocycles. The van der Waals surface area contributed by atoms with Gasteiger partial charge in [-0.15, -0.1) is 0 Å². The van der Waals surface area contributed by atoms with Gasteiger partial charge in [-0.3, -0.25) is 34.8 Å². The number of primary amides is 1. The maximum Gasteiger partial charge on any atom is 0.490 e. The lowest BCUT2D eigenvalue weighted by atomic mass is 9.96. The number of carbonyl (C=O) groups is 6. The molecule has 0 saturated heterocycles. The number of nitrogens with two attached hydrogens (primary N) is 3. The summed E-state index contributed by atoms with van der Waals surface area (Å²) >= 11 is 0. The summed E-state index contributed by atoms with van der Waals surface area (Å²) < 4.78 is 31.7. The molecule has 250 valence electrons. The normalized spacial score (nSPS) is 12.5. The highest BCUT2D eigenvalue weighted by Crippen LogP contribution is 2.14. The van der Waals surface area contributed by atoms with E-state index < -0.39 is 66.2 Å². The van der Waals surface area contributed by atoms with Crippen LogP contribution in [0.15, 0.2) is 24.3 Å². The molecular formula is C25H36F3N9O8. The predicted molar refractivity (Wildman–Crippen MR) is 151 cm³/mol. The van der Waals surface area contributed by atoms with Gasteiger partial charge in [0.2, 0.25) is 23.6 Å². The summed E-state index contributed by atoms with van der Waals surface area (Å²) in [5.74, 6) is -8.80. The number of carbonyl (C=O) groups excluding carboxylic acids is 4. The zero-order valence-electron chi connectivity index (χ0n) is 24.0. The molecule has 1 unspecified atom stereocenters. The van der Waals surface area contributed by atoms with E-state index in [9.17, 15) is 37.1 Å². The number of aliphatic carboxylic acids is 2. The Kier molecular flexibility index (Phi) is 16.7. The van der Waals surface area contributed by atoms with Crippen molar-refractivity contribution in [1.29, 1.82) is 10.8 Å². The first kappa shape index (κ1) is 39.6. The first-order chi connectivity index (χ1) is 20.8. The number of amides is 4. The number of hydrogen-bond acceptors (Lipinski definition) is 8. The van der Waals surface area contributed by atoms with Crippen molar-refractivity contribution in [2.75, 3.05) is 13.6 Å². The lowest BCUT2D eigenvalue weighted by Crippen LogP contribution is -2.55. The average Bonchev–Trinajstić information content (AvgIpc) is 2.94. The fourth-order valence-electron chi connectivity index (χ4n) is 3.43. The third-order valence-electron chi connectivity index (χ3n) is 5.75. The van der Waals surface area contributed by atoms with Crippen molar-refractivity contribution in [2.45, 2.75) is 50.4 Å². The molecule has 1 aromatic carbocycles. The Hall–Kier alpha value is -5.43. The molecule has 0 spiro atoms. The van der Waals surface area contributed by atoms with Gasteiger partial charge in [-0.1, -0.05) is 24.3 Å². The topological polar surface area (TPSA) is 317 Å². The van der Waals surface area contributed by atoms with Gasteiger partial charge in [0, 0.05) is 25.6 Å². The lowest BCUT2D eigenvalue weighted by Gasteiger charge is -2.24. The number of carboxylic acid groups (broad SMARTS) is 2. The van der Waals surface area contributed by atoms with Crippen LogP contribution >= 0.6 is 0 Å². The molecule has 0 aromatic heterocycles. The zero-order valence-corrected chi connectivity index (χ0v) is 24.0. The standard InChI is InChI=1S/C23H35N9O6.C2HF3O2/c1-29-20(36)14(11-12-4-6-13(7-5-12)18(24)25)21(37)32-16(8-9-17(33)34)22(38)31-15(19(26)35)3-2-10-30-23(27)28;3-2(4,5)1(6)7/h4-7,14-16H,2-3,8-11H2,1H3,(H3,24,25)(H2,26,35)(H,29,36)(H,31,38)(H,32,37)(H,33,34)(H4,27,28,30);(H,6,7)/t14?,15-,16-;/m0./s1. The number of alkyl halides is 3. The second kappa shape index (κ2) is 19.0. The average molecular weight is 648 g/mol. The molecule has 20 heteroatoms. The quantitative estimate of drug-likeness (QED) is 0.0407. The fraction of sp³-hybridized carbons (Fsp3) is 0.440. The zero-order chi connectivity index (χ0) is 34.9. The third-order valence-corrected chi connectivity index (χ3v) is 5.75.